The second kappa shape index (κ2) is 19.0. The topological polar surface area (TPSA) is 79.3 Å². The fraction of sp³-hybridized carbons (Fsp3) is 0.432. The molecule has 1 aromatic heterocycles. The molecule has 2 aromatic carbocycles. The molecule has 0 saturated carbocycles. The lowest BCUT2D eigenvalue weighted by Gasteiger charge is -2.26. The van der Waals surface area contributed by atoms with Crippen molar-refractivity contribution in [2.45, 2.75) is 93.9 Å². The van der Waals surface area contributed by atoms with Crippen molar-refractivity contribution in [2.24, 2.45) is 5.41 Å². The van der Waals surface area contributed by atoms with Gasteiger partial charge in [-0.3, -0.25) is 9.59 Å². The number of aryl methyl sites for hydroxylation is 1. The van der Waals surface area contributed by atoms with Crippen LogP contribution >= 0.6 is 11.6 Å². The molecule has 5 nitrogen and oxygen atoms in total. The minimum Gasteiger partial charge on any atom is -0.481 e. The highest BCUT2D eigenvalue weighted by atomic mass is 35.5. The highest BCUT2D eigenvalue weighted by Crippen LogP contribution is 2.32. The van der Waals surface area contributed by atoms with Gasteiger partial charge in [0.1, 0.15) is 0 Å². The average molecular weight is 607 g/mol. The zero-order valence-corrected chi connectivity index (χ0v) is 28.2. The number of carboxylic acids is 1. The molecule has 0 fully saturated rings. The average Bonchev–Trinajstić information content (AvgIpc) is 3.02. The number of halogens is 1. The molecule has 43 heavy (non-hydrogen) atoms. The first-order valence-corrected chi connectivity index (χ1v) is 15.8. The number of nitrogens with one attached hydrogen (secondary N) is 1. The number of rotatable bonds is 12. The number of hydrogen-bond donors (Lipinski definition) is 2. The molecular weight excluding hydrogens is 556 g/mol. The second-order valence-corrected chi connectivity index (χ2v) is 11.5. The van der Waals surface area contributed by atoms with Gasteiger partial charge in [0, 0.05) is 34.5 Å². The van der Waals surface area contributed by atoms with Crippen molar-refractivity contribution in [1.82, 2.24) is 10.3 Å². The first-order chi connectivity index (χ1) is 20.4. The molecule has 3 rings (SSSR count). The summed E-state index contributed by atoms with van der Waals surface area (Å²) in [5.74, 6) is -0.906. The predicted molar refractivity (Wildman–Crippen MR) is 184 cm³/mol. The van der Waals surface area contributed by atoms with Crippen molar-refractivity contribution >= 4 is 34.4 Å². The molecule has 1 heterocycles. The van der Waals surface area contributed by atoms with E-state index in [1.165, 1.54) is 11.1 Å². The molecule has 0 aliphatic carbocycles. The molecule has 0 spiro atoms. The minimum absolute atomic E-state index is 0.103. The molecule has 6 heteroatoms. The lowest BCUT2D eigenvalue weighted by Crippen LogP contribution is -2.26. The lowest BCUT2D eigenvalue weighted by atomic mass is 9.80. The van der Waals surface area contributed by atoms with Crippen LogP contribution in [0.25, 0.3) is 22.2 Å². The number of benzene rings is 2. The molecule has 0 radical (unpaired) electrons. The summed E-state index contributed by atoms with van der Waals surface area (Å²) in [4.78, 5) is 28.9. The SMILES string of the molecule is C=CCC.CC.CCC(C)(C)/C(C)=C(/C)CNC(=O)c1ccc2nc(-c3ccc(Cl)cc3)c(CCCCC(=O)O)cc2c1. The van der Waals surface area contributed by atoms with Gasteiger partial charge < -0.3 is 10.4 Å². The van der Waals surface area contributed by atoms with Gasteiger partial charge >= 0.3 is 5.97 Å². The summed E-state index contributed by atoms with van der Waals surface area (Å²) in [6.07, 6.45) is 6.17. The van der Waals surface area contributed by atoms with Crippen molar-refractivity contribution in [3.8, 4) is 11.3 Å². The van der Waals surface area contributed by atoms with Gasteiger partial charge in [0.15, 0.2) is 0 Å². The van der Waals surface area contributed by atoms with E-state index >= 15 is 0 Å². The zero-order valence-electron chi connectivity index (χ0n) is 27.4. The van der Waals surface area contributed by atoms with Crippen LogP contribution in [0.1, 0.15) is 103 Å². The molecule has 0 unspecified atom stereocenters. The highest BCUT2D eigenvalue weighted by molar-refractivity contribution is 6.30. The predicted octanol–water partition coefficient (Wildman–Crippen LogP) is 10.5. The van der Waals surface area contributed by atoms with E-state index in [4.69, 9.17) is 21.7 Å². The van der Waals surface area contributed by atoms with Crippen LogP contribution in [-0.2, 0) is 11.2 Å². The Labute approximate surface area is 264 Å². The number of hydrogen-bond acceptors (Lipinski definition) is 3. The van der Waals surface area contributed by atoms with E-state index in [2.05, 4.69) is 59.5 Å². The van der Waals surface area contributed by atoms with Crippen molar-refractivity contribution in [2.75, 3.05) is 6.54 Å². The molecular formula is C37H51ClN2O3. The van der Waals surface area contributed by atoms with Crippen molar-refractivity contribution < 1.29 is 14.7 Å². The van der Waals surface area contributed by atoms with Crippen LogP contribution in [0.3, 0.4) is 0 Å². The number of carbonyl (C=O) groups is 2. The fourth-order valence-electron chi connectivity index (χ4n) is 4.29. The third-order valence-electron chi connectivity index (χ3n) is 7.70. The number of allylic oxidation sites excluding steroid dienone is 2. The largest absolute Gasteiger partial charge is 0.481 e. The Balaban J connectivity index is 0.00000142. The first kappa shape index (κ1) is 37.6. The number of unbranched alkanes of at least 4 members (excludes halogenated alkanes) is 1. The number of pyridine rings is 1. The van der Waals surface area contributed by atoms with Gasteiger partial charge in [0.05, 0.1) is 11.2 Å². The monoisotopic (exact) mass is 606 g/mol. The van der Waals surface area contributed by atoms with Crippen LogP contribution in [0.5, 0.6) is 0 Å². The van der Waals surface area contributed by atoms with E-state index in [0.29, 0.717) is 30.0 Å². The fourth-order valence-corrected chi connectivity index (χ4v) is 4.42. The van der Waals surface area contributed by atoms with Gasteiger partial charge in [0.25, 0.3) is 5.91 Å². The maximum absolute atomic E-state index is 13.0. The summed E-state index contributed by atoms with van der Waals surface area (Å²) in [7, 11) is 0. The first-order valence-electron chi connectivity index (χ1n) is 15.4. The van der Waals surface area contributed by atoms with Gasteiger partial charge in [-0.15, -0.1) is 6.58 Å². The third-order valence-corrected chi connectivity index (χ3v) is 7.95. The smallest absolute Gasteiger partial charge is 0.303 e. The standard InChI is InChI=1S/C31H37ClN2O3.C4H8.C2H6/c1-6-31(4,5)21(3)20(2)19-33-30(37)24-13-16-27-25(18-24)17-23(9-7-8-10-28(35)36)29(34-27)22-11-14-26(32)15-12-22;1-3-4-2;1-2/h11-18H,6-10,19H2,1-5H3,(H,33,37)(H,35,36);3H,1,4H2,2H3;1-2H3/b21-20-;;. The molecule has 3 aromatic rings. The van der Waals surface area contributed by atoms with Crippen LogP contribution < -0.4 is 5.32 Å². The van der Waals surface area contributed by atoms with E-state index < -0.39 is 5.97 Å². The molecule has 0 aliphatic rings. The van der Waals surface area contributed by atoms with E-state index in [0.717, 1.165) is 47.0 Å². The van der Waals surface area contributed by atoms with Crippen LogP contribution in [0.15, 0.2) is 72.3 Å². The maximum atomic E-state index is 13.0. The van der Waals surface area contributed by atoms with E-state index in [9.17, 15) is 9.59 Å². The van der Waals surface area contributed by atoms with Crippen LogP contribution in [0.4, 0.5) is 0 Å². The number of aromatic nitrogens is 1. The summed E-state index contributed by atoms with van der Waals surface area (Å²) < 4.78 is 0. The Morgan fingerprint density at radius 3 is 2.21 bits per heavy atom. The van der Waals surface area contributed by atoms with Crippen molar-refractivity contribution in [1.29, 1.82) is 0 Å². The van der Waals surface area contributed by atoms with Gasteiger partial charge in [-0.05, 0) is 93.3 Å². The number of nitrogens with zero attached hydrogens (tertiary/aromatic N) is 1. The Morgan fingerprint density at radius 2 is 1.65 bits per heavy atom. The van der Waals surface area contributed by atoms with Crippen molar-refractivity contribution in [3.05, 3.63) is 88.5 Å². The Bertz CT molecular complexity index is 1370. The molecule has 0 bridgehead atoms. The number of fused-ring (bicyclic) bond motifs is 1. The third kappa shape index (κ3) is 12.0. The molecule has 0 aliphatic heterocycles. The van der Waals surface area contributed by atoms with E-state index in [1.807, 2.05) is 62.4 Å². The number of carbonyl (C=O) groups excluding carboxylic acids is 1. The number of amides is 1. The van der Waals surface area contributed by atoms with Crippen molar-refractivity contribution in [3.63, 3.8) is 0 Å². The minimum atomic E-state index is -0.788. The Kier molecular flexibility index (Phi) is 16.6. The quantitative estimate of drug-likeness (QED) is 0.159. The van der Waals surface area contributed by atoms with Gasteiger partial charge in [-0.1, -0.05) is 82.5 Å². The van der Waals surface area contributed by atoms with Gasteiger partial charge in [0.2, 0.25) is 0 Å². The number of carboxylic acid groups (broad SMARTS) is 1. The summed E-state index contributed by atoms with van der Waals surface area (Å²) in [5, 5.41) is 13.6. The van der Waals surface area contributed by atoms with E-state index in [-0.39, 0.29) is 17.7 Å². The molecule has 2 N–H and O–H groups in total. The molecule has 0 saturated heterocycles. The summed E-state index contributed by atoms with van der Waals surface area (Å²) in [6, 6.07) is 15.2. The van der Waals surface area contributed by atoms with Crippen LogP contribution in [0, 0.1) is 5.41 Å². The normalized spacial score (nSPS) is 11.4. The molecule has 234 valence electrons. The Morgan fingerprint density at radius 1 is 1.02 bits per heavy atom. The second-order valence-electron chi connectivity index (χ2n) is 11.0. The zero-order chi connectivity index (χ0) is 32.6. The summed E-state index contributed by atoms with van der Waals surface area (Å²) >= 11 is 6.09. The molecule has 0 atom stereocenters. The summed E-state index contributed by atoms with van der Waals surface area (Å²) in [5.41, 5.74) is 6.80. The highest BCUT2D eigenvalue weighted by Gasteiger charge is 2.19. The molecule has 1 amide bonds. The Hall–Kier alpha value is -3.44. The lowest BCUT2D eigenvalue weighted by molar-refractivity contribution is -0.137. The van der Waals surface area contributed by atoms with Gasteiger partial charge in [-0.2, -0.15) is 0 Å². The van der Waals surface area contributed by atoms with Crippen LogP contribution in [-0.4, -0.2) is 28.5 Å². The van der Waals surface area contributed by atoms with Gasteiger partial charge in [-0.25, -0.2) is 4.98 Å². The maximum Gasteiger partial charge on any atom is 0.303 e. The summed E-state index contributed by atoms with van der Waals surface area (Å²) in [6.45, 7) is 20.9. The number of aliphatic carboxylic acids is 1. The van der Waals surface area contributed by atoms with E-state index in [1.54, 1.807) is 0 Å². The van der Waals surface area contributed by atoms with Crippen LogP contribution in [0.2, 0.25) is 5.02 Å².